The van der Waals surface area contributed by atoms with Crippen LogP contribution in [0, 0.1) is 13.8 Å². The Morgan fingerprint density at radius 2 is 2.17 bits per heavy atom. The van der Waals surface area contributed by atoms with Crippen LogP contribution in [0.2, 0.25) is 0 Å². The fraction of sp³-hybridized carbons (Fsp3) is 0.167. The Labute approximate surface area is 111 Å². The summed E-state index contributed by atoms with van der Waals surface area (Å²) in [6.45, 7) is 4.04. The minimum Gasteiger partial charge on any atom is -0.476 e. The van der Waals surface area contributed by atoms with E-state index in [1.807, 2.05) is 26.0 Å². The van der Waals surface area contributed by atoms with Crippen molar-refractivity contribution < 1.29 is 9.90 Å². The molecule has 3 aromatic rings. The summed E-state index contributed by atoms with van der Waals surface area (Å²) in [6.07, 6.45) is 0. The van der Waals surface area contributed by atoms with Crippen LogP contribution in [0.3, 0.4) is 0 Å². The minimum atomic E-state index is -1.01. The number of nitrogens with zero attached hydrogens (tertiary/aromatic N) is 2. The van der Waals surface area contributed by atoms with E-state index in [0.29, 0.717) is 10.4 Å². The Morgan fingerprint density at radius 1 is 1.44 bits per heavy atom. The van der Waals surface area contributed by atoms with E-state index >= 15 is 0 Å². The van der Waals surface area contributed by atoms with E-state index in [0.717, 1.165) is 22.2 Å². The molecule has 0 unspecified atom stereocenters. The summed E-state index contributed by atoms with van der Waals surface area (Å²) in [5.41, 5.74) is 4.16. The van der Waals surface area contributed by atoms with Gasteiger partial charge in [-0.2, -0.15) is 0 Å². The number of halogens is 1. The predicted octanol–water partition coefficient (Wildman–Crippen LogP) is 2.89. The Hall–Kier alpha value is -1.82. The van der Waals surface area contributed by atoms with Gasteiger partial charge in [-0.25, -0.2) is 9.78 Å². The largest absolute Gasteiger partial charge is 0.476 e. The maximum absolute atomic E-state index is 11.0. The Kier molecular flexibility index (Phi) is 2.25. The zero-order valence-electron chi connectivity index (χ0n) is 9.78. The summed E-state index contributed by atoms with van der Waals surface area (Å²) in [7, 11) is 0. The Morgan fingerprint density at radius 3 is 2.83 bits per heavy atom. The van der Waals surface area contributed by atoms with Crippen molar-refractivity contribution >= 4 is 38.7 Å². The first-order valence-electron chi connectivity index (χ1n) is 5.40. The molecule has 92 valence electrons. The van der Waals surface area contributed by atoms with Crippen molar-refractivity contribution in [3.8, 4) is 0 Å². The van der Waals surface area contributed by atoms with Crippen LogP contribution < -0.4 is 0 Å². The molecular formula is C12H10BrN3O2. The van der Waals surface area contributed by atoms with E-state index in [9.17, 15) is 4.79 Å². The van der Waals surface area contributed by atoms with Crippen LogP contribution in [0.5, 0.6) is 0 Å². The highest BCUT2D eigenvalue weighted by molar-refractivity contribution is 9.10. The normalized spacial score (nSPS) is 11.5. The maximum Gasteiger partial charge on any atom is 0.355 e. The van der Waals surface area contributed by atoms with Gasteiger partial charge in [-0.05, 0) is 47.0 Å². The van der Waals surface area contributed by atoms with E-state index < -0.39 is 5.97 Å². The second kappa shape index (κ2) is 3.58. The molecule has 0 fully saturated rings. The number of rotatable bonds is 1. The molecule has 0 bridgehead atoms. The topological polar surface area (TPSA) is 70.4 Å². The zero-order valence-corrected chi connectivity index (χ0v) is 11.4. The number of imidazole rings is 2. The lowest BCUT2D eigenvalue weighted by Crippen LogP contribution is -1.98. The number of carboxylic acid groups (broad SMARTS) is 1. The molecular weight excluding hydrogens is 298 g/mol. The van der Waals surface area contributed by atoms with Crippen LogP contribution >= 0.6 is 15.9 Å². The second-order valence-corrected chi connectivity index (χ2v) is 4.99. The van der Waals surface area contributed by atoms with Gasteiger partial charge in [-0.15, -0.1) is 0 Å². The van der Waals surface area contributed by atoms with Crippen molar-refractivity contribution in [3.63, 3.8) is 0 Å². The first-order valence-corrected chi connectivity index (χ1v) is 6.19. The molecule has 1 aromatic carbocycles. The molecule has 0 amide bonds. The third-order valence-corrected chi connectivity index (χ3v) is 3.96. The number of aryl methyl sites for hydroxylation is 2. The number of carbonyl (C=O) groups is 1. The van der Waals surface area contributed by atoms with Gasteiger partial charge in [0.15, 0.2) is 5.69 Å². The summed E-state index contributed by atoms with van der Waals surface area (Å²) in [4.78, 5) is 18.3. The van der Waals surface area contributed by atoms with Crippen molar-refractivity contribution in [1.82, 2.24) is 14.4 Å². The van der Waals surface area contributed by atoms with Crippen molar-refractivity contribution in [3.05, 3.63) is 33.6 Å². The third-order valence-electron chi connectivity index (χ3n) is 3.20. The number of aromatic amines is 1. The van der Waals surface area contributed by atoms with Crippen molar-refractivity contribution in [2.24, 2.45) is 0 Å². The summed E-state index contributed by atoms with van der Waals surface area (Å²) in [5, 5.41) is 9.05. The van der Waals surface area contributed by atoms with Gasteiger partial charge in [-0.3, -0.25) is 4.40 Å². The average Bonchev–Trinajstić information content (AvgIpc) is 2.82. The van der Waals surface area contributed by atoms with Crippen molar-refractivity contribution in [2.75, 3.05) is 0 Å². The smallest absolute Gasteiger partial charge is 0.355 e. The number of aromatic nitrogens is 3. The van der Waals surface area contributed by atoms with E-state index in [-0.39, 0.29) is 5.69 Å². The molecule has 0 spiro atoms. The van der Waals surface area contributed by atoms with Gasteiger partial charge in [0.25, 0.3) is 0 Å². The van der Waals surface area contributed by atoms with Crippen LogP contribution in [0.4, 0.5) is 0 Å². The molecule has 2 heterocycles. The van der Waals surface area contributed by atoms with Gasteiger partial charge in [0.2, 0.25) is 5.78 Å². The van der Waals surface area contributed by atoms with Crippen LogP contribution in [0.15, 0.2) is 16.7 Å². The van der Waals surface area contributed by atoms with Crippen molar-refractivity contribution in [1.29, 1.82) is 0 Å². The fourth-order valence-corrected chi connectivity index (χ4v) is 2.71. The van der Waals surface area contributed by atoms with E-state index in [2.05, 4.69) is 25.9 Å². The minimum absolute atomic E-state index is 0.109. The summed E-state index contributed by atoms with van der Waals surface area (Å²) >= 11 is 3.31. The SMILES string of the molecule is Cc1ccc2c(nc3[nH]c(C(=O)O)c(Br)n32)c1C. The summed E-state index contributed by atoms with van der Waals surface area (Å²) in [6, 6.07) is 3.95. The average molecular weight is 308 g/mol. The highest BCUT2D eigenvalue weighted by Crippen LogP contribution is 2.27. The first kappa shape index (κ1) is 11.3. The lowest BCUT2D eigenvalue weighted by atomic mass is 10.1. The molecule has 0 atom stereocenters. The number of fused-ring (bicyclic) bond motifs is 3. The monoisotopic (exact) mass is 307 g/mol. The standard InChI is InChI=1S/C12H10BrN3O2/c1-5-3-4-7-8(6(5)2)14-12-15-9(11(17)18)10(13)16(7)12/h3-4H,1-2H3,(H,14,15)(H,17,18). The zero-order chi connectivity index (χ0) is 13.0. The molecule has 0 aliphatic rings. The van der Waals surface area contributed by atoms with Crippen LogP contribution in [-0.2, 0) is 0 Å². The molecule has 0 aliphatic carbocycles. The van der Waals surface area contributed by atoms with Crippen LogP contribution in [0.1, 0.15) is 21.6 Å². The third kappa shape index (κ3) is 1.32. The van der Waals surface area contributed by atoms with Gasteiger partial charge < -0.3 is 10.1 Å². The Balaban J connectivity index is 2.49. The summed E-state index contributed by atoms with van der Waals surface area (Å²) < 4.78 is 2.25. The van der Waals surface area contributed by atoms with Gasteiger partial charge in [0, 0.05) is 0 Å². The van der Waals surface area contributed by atoms with Gasteiger partial charge in [0.05, 0.1) is 11.0 Å². The van der Waals surface area contributed by atoms with E-state index in [4.69, 9.17) is 5.11 Å². The molecule has 18 heavy (non-hydrogen) atoms. The quantitative estimate of drug-likeness (QED) is 0.726. The number of hydrogen-bond acceptors (Lipinski definition) is 2. The molecule has 2 N–H and O–H groups in total. The van der Waals surface area contributed by atoms with Crippen molar-refractivity contribution in [2.45, 2.75) is 13.8 Å². The van der Waals surface area contributed by atoms with E-state index in [1.165, 1.54) is 0 Å². The lowest BCUT2D eigenvalue weighted by molar-refractivity contribution is 0.0690. The highest BCUT2D eigenvalue weighted by Gasteiger charge is 2.19. The molecule has 3 rings (SSSR count). The summed E-state index contributed by atoms with van der Waals surface area (Å²) in [5.74, 6) is -0.479. The lowest BCUT2D eigenvalue weighted by Gasteiger charge is -2.00. The molecule has 0 aliphatic heterocycles. The predicted molar refractivity (Wildman–Crippen MR) is 71.2 cm³/mol. The van der Waals surface area contributed by atoms with E-state index in [1.54, 1.807) is 4.40 Å². The molecule has 0 saturated heterocycles. The Bertz CT molecular complexity index is 801. The number of benzene rings is 1. The maximum atomic E-state index is 11.0. The number of carboxylic acids is 1. The molecule has 2 aromatic heterocycles. The van der Waals surface area contributed by atoms with Gasteiger partial charge in [-0.1, -0.05) is 6.07 Å². The number of nitrogens with one attached hydrogen (secondary N) is 1. The first-order chi connectivity index (χ1) is 8.50. The highest BCUT2D eigenvalue weighted by atomic mass is 79.9. The van der Waals surface area contributed by atoms with Crippen LogP contribution in [0.25, 0.3) is 16.8 Å². The molecule has 6 heteroatoms. The molecule has 0 radical (unpaired) electrons. The molecule has 5 nitrogen and oxygen atoms in total. The fourth-order valence-electron chi connectivity index (χ4n) is 2.08. The second-order valence-electron chi connectivity index (χ2n) is 4.24. The number of hydrogen-bond donors (Lipinski definition) is 2. The van der Waals surface area contributed by atoms with Gasteiger partial charge >= 0.3 is 5.97 Å². The number of H-pyrrole nitrogens is 1. The van der Waals surface area contributed by atoms with Crippen LogP contribution in [-0.4, -0.2) is 25.4 Å². The molecule has 0 saturated carbocycles. The number of aromatic carboxylic acids is 1. The van der Waals surface area contributed by atoms with Gasteiger partial charge in [0.1, 0.15) is 4.60 Å².